The molecule has 0 saturated carbocycles. The molecule has 132 valence electrons. The Balaban J connectivity index is 2.03. The Morgan fingerprint density at radius 2 is 1.60 bits per heavy atom. The highest BCUT2D eigenvalue weighted by molar-refractivity contribution is 5.97. The predicted octanol–water partition coefficient (Wildman–Crippen LogP) is 3.72. The highest BCUT2D eigenvalue weighted by Crippen LogP contribution is 2.25. The smallest absolute Gasteiger partial charge is 0.339 e. The number of rotatable bonds is 5. The monoisotopic (exact) mass is 341 g/mol. The van der Waals surface area contributed by atoms with Crippen LogP contribution in [0.25, 0.3) is 0 Å². The van der Waals surface area contributed by atoms with Gasteiger partial charge in [0.15, 0.2) is 6.61 Å². The summed E-state index contributed by atoms with van der Waals surface area (Å²) in [5.41, 5.74) is 4.79. The molecule has 0 heterocycles. The lowest BCUT2D eigenvalue weighted by atomic mass is 10.00. The minimum absolute atomic E-state index is 0.358. The summed E-state index contributed by atoms with van der Waals surface area (Å²) in [5.74, 6) is -0.364. The van der Waals surface area contributed by atoms with Crippen LogP contribution in [-0.2, 0) is 9.53 Å². The molecule has 0 unspecified atom stereocenters. The molecule has 0 aliphatic carbocycles. The molecular formula is C20H23NO4. The van der Waals surface area contributed by atoms with Crippen LogP contribution in [0.15, 0.2) is 30.3 Å². The zero-order valence-electron chi connectivity index (χ0n) is 15.2. The Morgan fingerprint density at radius 3 is 2.20 bits per heavy atom. The average molecular weight is 341 g/mol. The van der Waals surface area contributed by atoms with E-state index in [2.05, 4.69) is 5.32 Å². The molecule has 0 aliphatic heterocycles. The number of carbonyl (C=O) groups is 2. The van der Waals surface area contributed by atoms with E-state index in [1.165, 1.54) is 7.11 Å². The third kappa shape index (κ3) is 4.59. The summed E-state index contributed by atoms with van der Waals surface area (Å²) in [4.78, 5) is 24.4. The molecular weight excluding hydrogens is 318 g/mol. The van der Waals surface area contributed by atoms with Crippen LogP contribution in [0, 0.1) is 27.7 Å². The van der Waals surface area contributed by atoms with Crippen LogP contribution in [0.1, 0.15) is 32.6 Å². The standard InChI is InChI=1S/C20H23NO4/c1-12-6-7-17(24-5)16(10-12)21-18(22)11-25-20(23)19-14(3)8-13(2)9-15(19)4/h6-10H,11H2,1-5H3,(H,21,22). The molecule has 0 radical (unpaired) electrons. The number of amides is 1. The average Bonchev–Trinajstić information content (AvgIpc) is 2.52. The van der Waals surface area contributed by atoms with Crippen molar-refractivity contribution in [2.75, 3.05) is 19.0 Å². The number of benzene rings is 2. The summed E-state index contributed by atoms with van der Waals surface area (Å²) in [5, 5.41) is 2.71. The van der Waals surface area contributed by atoms with Crippen molar-refractivity contribution in [3.63, 3.8) is 0 Å². The van der Waals surface area contributed by atoms with Crippen molar-refractivity contribution in [2.24, 2.45) is 0 Å². The molecule has 0 saturated heterocycles. The zero-order chi connectivity index (χ0) is 18.6. The van der Waals surface area contributed by atoms with E-state index >= 15 is 0 Å². The van der Waals surface area contributed by atoms with Gasteiger partial charge in [-0.05, 0) is 56.5 Å². The lowest BCUT2D eigenvalue weighted by molar-refractivity contribution is -0.119. The van der Waals surface area contributed by atoms with Crippen LogP contribution >= 0.6 is 0 Å². The van der Waals surface area contributed by atoms with Gasteiger partial charge in [0, 0.05) is 0 Å². The van der Waals surface area contributed by atoms with Crippen LogP contribution in [0.4, 0.5) is 5.69 Å². The Labute approximate surface area is 148 Å². The normalized spacial score (nSPS) is 10.3. The fourth-order valence-electron chi connectivity index (χ4n) is 2.81. The van der Waals surface area contributed by atoms with Crippen molar-refractivity contribution >= 4 is 17.6 Å². The molecule has 25 heavy (non-hydrogen) atoms. The second-order valence-corrected chi connectivity index (χ2v) is 6.10. The molecule has 0 fully saturated rings. The highest BCUT2D eigenvalue weighted by Gasteiger charge is 2.16. The molecule has 5 heteroatoms. The van der Waals surface area contributed by atoms with Gasteiger partial charge in [-0.15, -0.1) is 0 Å². The maximum atomic E-state index is 12.3. The number of aryl methyl sites for hydroxylation is 4. The highest BCUT2D eigenvalue weighted by atomic mass is 16.5. The fraction of sp³-hybridized carbons (Fsp3) is 0.300. The second-order valence-electron chi connectivity index (χ2n) is 6.10. The van der Waals surface area contributed by atoms with Gasteiger partial charge in [0.25, 0.3) is 5.91 Å². The number of anilines is 1. The maximum Gasteiger partial charge on any atom is 0.339 e. The molecule has 5 nitrogen and oxygen atoms in total. The molecule has 2 aromatic rings. The van der Waals surface area contributed by atoms with Crippen molar-refractivity contribution in [1.82, 2.24) is 0 Å². The van der Waals surface area contributed by atoms with E-state index in [-0.39, 0.29) is 6.61 Å². The van der Waals surface area contributed by atoms with Crippen LogP contribution in [0.2, 0.25) is 0 Å². The first-order chi connectivity index (χ1) is 11.8. The van der Waals surface area contributed by atoms with Crippen molar-refractivity contribution in [3.05, 3.63) is 58.1 Å². The third-order valence-corrected chi connectivity index (χ3v) is 3.84. The van der Waals surface area contributed by atoms with Gasteiger partial charge >= 0.3 is 5.97 Å². The summed E-state index contributed by atoms with van der Waals surface area (Å²) in [6.07, 6.45) is 0. The van der Waals surface area contributed by atoms with Crippen molar-refractivity contribution in [3.8, 4) is 5.75 Å². The van der Waals surface area contributed by atoms with Gasteiger partial charge in [-0.1, -0.05) is 23.8 Å². The first-order valence-corrected chi connectivity index (χ1v) is 8.01. The number of hydrogen-bond donors (Lipinski definition) is 1. The Hall–Kier alpha value is -2.82. The number of methoxy groups -OCH3 is 1. The molecule has 0 aromatic heterocycles. The summed E-state index contributed by atoms with van der Waals surface area (Å²) in [7, 11) is 1.53. The van der Waals surface area contributed by atoms with Crippen LogP contribution < -0.4 is 10.1 Å². The molecule has 0 aliphatic rings. The van der Waals surface area contributed by atoms with E-state index in [9.17, 15) is 9.59 Å². The van der Waals surface area contributed by atoms with Gasteiger partial charge < -0.3 is 14.8 Å². The van der Waals surface area contributed by atoms with Gasteiger partial charge in [0.2, 0.25) is 0 Å². The van der Waals surface area contributed by atoms with Crippen molar-refractivity contribution in [1.29, 1.82) is 0 Å². The van der Waals surface area contributed by atoms with Gasteiger partial charge in [0.05, 0.1) is 18.4 Å². The van der Waals surface area contributed by atoms with E-state index in [1.54, 1.807) is 12.1 Å². The molecule has 2 aromatic carbocycles. The van der Waals surface area contributed by atoms with Crippen LogP contribution in [-0.4, -0.2) is 25.6 Å². The minimum Gasteiger partial charge on any atom is -0.495 e. The third-order valence-electron chi connectivity index (χ3n) is 3.84. The van der Waals surface area contributed by atoms with E-state index in [4.69, 9.17) is 9.47 Å². The lowest BCUT2D eigenvalue weighted by Crippen LogP contribution is -2.22. The zero-order valence-corrected chi connectivity index (χ0v) is 15.2. The molecule has 0 spiro atoms. The van der Waals surface area contributed by atoms with Crippen LogP contribution in [0.5, 0.6) is 5.75 Å². The van der Waals surface area contributed by atoms with E-state index in [1.807, 2.05) is 45.9 Å². The molecule has 1 amide bonds. The summed E-state index contributed by atoms with van der Waals surface area (Å²) in [6, 6.07) is 9.29. The van der Waals surface area contributed by atoms with E-state index in [0.717, 1.165) is 22.3 Å². The molecule has 0 atom stereocenters. The Kier molecular flexibility index (Phi) is 5.80. The molecule has 0 bridgehead atoms. The van der Waals surface area contributed by atoms with Gasteiger partial charge in [-0.3, -0.25) is 4.79 Å². The topological polar surface area (TPSA) is 64.6 Å². The van der Waals surface area contributed by atoms with Crippen molar-refractivity contribution < 1.29 is 19.1 Å². The summed E-state index contributed by atoms with van der Waals surface area (Å²) >= 11 is 0. The lowest BCUT2D eigenvalue weighted by Gasteiger charge is -2.13. The number of nitrogens with one attached hydrogen (secondary N) is 1. The first kappa shape index (κ1) is 18.5. The number of carbonyl (C=O) groups excluding carboxylic acids is 2. The first-order valence-electron chi connectivity index (χ1n) is 8.01. The predicted molar refractivity (Wildman–Crippen MR) is 97.3 cm³/mol. The van der Waals surface area contributed by atoms with Gasteiger partial charge in [0.1, 0.15) is 5.75 Å². The quantitative estimate of drug-likeness (QED) is 0.842. The summed E-state index contributed by atoms with van der Waals surface area (Å²) < 4.78 is 10.4. The minimum atomic E-state index is -0.499. The van der Waals surface area contributed by atoms with Crippen LogP contribution in [0.3, 0.4) is 0 Å². The number of hydrogen-bond acceptors (Lipinski definition) is 4. The molecule has 2 rings (SSSR count). The van der Waals surface area contributed by atoms with E-state index in [0.29, 0.717) is 17.0 Å². The van der Waals surface area contributed by atoms with E-state index < -0.39 is 11.9 Å². The largest absolute Gasteiger partial charge is 0.495 e. The fourth-order valence-corrected chi connectivity index (χ4v) is 2.81. The summed E-state index contributed by atoms with van der Waals surface area (Å²) in [6.45, 7) is 7.24. The molecule has 1 N–H and O–H groups in total. The Morgan fingerprint density at radius 1 is 0.960 bits per heavy atom. The Bertz CT molecular complexity index is 788. The number of esters is 1. The van der Waals surface area contributed by atoms with Gasteiger partial charge in [-0.25, -0.2) is 4.79 Å². The maximum absolute atomic E-state index is 12.3. The van der Waals surface area contributed by atoms with Crippen molar-refractivity contribution in [2.45, 2.75) is 27.7 Å². The SMILES string of the molecule is COc1ccc(C)cc1NC(=O)COC(=O)c1c(C)cc(C)cc1C. The number of ether oxygens (including phenoxy) is 2. The van der Waals surface area contributed by atoms with Gasteiger partial charge in [-0.2, -0.15) is 0 Å². The second kappa shape index (κ2) is 7.83.